The number of hydrogen-bond donors (Lipinski definition) is 0. The summed E-state index contributed by atoms with van der Waals surface area (Å²) in [6.07, 6.45) is 0. The highest BCUT2D eigenvalue weighted by Crippen LogP contribution is 1.96. The fourth-order valence-corrected chi connectivity index (χ4v) is 2.68. The summed E-state index contributed by atoms with van der Waals surface area (Å²) in [6, 6.07) is 1.30. The number of hydrogen-bond acceptors (Lipinski definition) is 1. The van der Waals surface area contributed by atoms with Crippen molar-refractivity contribution in [3.8, 4) is 0 Å². The molecule has 0 aromatic carbocycles. The Morgan fingerprint density at radius 3 is 2.22 bits per heavy atom. The van der Waals surface area contributed by atoms with E-state index in [0.29, 0.717) is 0 Å². The molecule has 2 heteroatoms. The largest absolute Gasteiger partial charge is 0.326 e. The lowest BCUT2D eigenvalue weighted by Crippen LogP contribution is -2.33. The highest BCUT2D eigenvalue weighted by molar-refractivity contribution is 6.61. The third kappa shape index (κ3) is 2.82. The van der Waals surface area contributed by atoms with E-state index in [1.165, 1.54) is 6.04 Å². The quantitative estimate of drug-likeness (QED) is 0.538. The molecule has 0 spiro atoms. The maximum atomic E-state index is 3.82. The fourth-order valence-electron chi connectivity index (χ4n) is 0.893. The second-order valence-corrected chi connectivity index (χ2v) is 5.59. The summed E-state index contributed by atoms with van der Waals surface area (Å²) < 4.78 is 2.42. The van der Waals surface area contributed by atoms with Gasteiger partial charge in [-0.25, -0.2) is 0 Å². The van der Waals surface area contributed by atoms with E-state index in [2.05, 4.69) is 37.7 Å². The first-order chi connectivity index (χ1) is 4.26. The van der Waals surface area contributed by atoms with Crippen molar-refractivity contribution in [3.63, 3.8) is 0 Å². The van der Waals surface area contributed by atoms with Gasteiger partial charge in [0.05, 0.1) is 0 Å². The summed E-state index contributed by atoms with van der Waals surface area (Å²) in [7, 11) is 1.49. The van der Waals surface area contributed by atoms with Crippen LogP contribution < -0.4 is 0 Å². The van der Waals surface area contributed by atoms with Crippen molar-refractivity contribution < 1.29 is 0 Å². The first-order valence-corrected chi connectivity index (χ1v) is 5.59. The zero-order valence-electron chi connectivity index (χ0n) is 6.72. The average Bonchev–Trinajstić information content (AvgIpc) is 1.90. The molecule has 0 aliphatic carbocycles. The lowest BCUT2D eigenvalue weighted by Gasteiger charge is -2.20. The highest BCUT2D eigenvalue weighted by Gasteiger charge is 2.06. The van der Waals surface area contributed by atoms with Crippen LogP contribution in [0.4, 0.5) is 0 Å². The molecular formula is C7H17NSi. The molecule has 1 nitrogen and oxygen atoms in total. The molecule has 0 saturated carbocycles. The Kier molecular flexibility index (Phi) is 4.72. The Bertz CT molecular complexity index is 83.0. The van der Waals surface area contributed by atoms with E-state index in [9.17, 15) is 0 Å². The molecule has 9 heavy (non-hydrogen) atoms. The molecule has 54 valence electrons. The Morgan fingerprint density at radius 2 is 2.11 bits per heavy atom. The van der Waals surface area contributed by atoms with Crippen molar-refractivity contribution in [1.29, 1.82) is 0 Å². The van der Waals surface area contributed by atoms with Crippen LogP contribution >= 0.6 is 0 Å². The van der Waals surface area contributed by atoms with E-state index < -0.39 is 8.96 Å². The van der Waals surface area contributed by atoms with Crippen molar-refractivity contribution in [2.75, 3.05) is 13.6 Å². The predicted molar refractivity (Wildman–Crippen MR) is 46.1 cm³/mol. The zero-order valence-corrected chi connectivity index (χ0v) is 7.88. The predicted octanol–water partition coefficient (Wildman–Crippen LogP) is 1.41. The molecule has 0 N–H and O–H groups in total. The van der Waals surface area contributed by atoms with E-state index in [-0.39, 0.29) is 0 Å². The average molecular weight is 143 g/mol. The monoisotopic (exact) mass is 143 g/mol. The van der Waals surface area contributed by atoms with Gasteiger partial charge in [-0.1, -0.05) is 19.5 Å². The Balaban J connectivity index is 3.63. The second-order valence-electron chi connectivity index (χ2n) is 2.28. The maximum Gasteiger partial charge on any atom is 0.135 e. The van der Waals surface area contributed by atoms with Crippen LogP contribution in [0.15, 0.2) is 12.3 Å². The molecule has 0 rings (SSSR count). The first-order valence-electron chi connectivity index (χ1n) is 3.59. The third-order valence-electron chi connectivity index (χ3n) is 1.76. The van der Waals surface area contributed by atoms with Crippen molar-refractivity contribution in [2.45, 2.75) is 19.9 Å². The van der Waals surface area contributed by atoms with Crippen molar-refractivity contribution in [1.82, 2.24) is 4.57 Å². The Morgan fingerprint density at radius 1 is 1.56 bits per heavy atom. The molecule has 0 fully saturated rings. The van der Waals surface area contributed by atoms with E-state index in [0.717, 1.165) is 6.54 Å². The van der Waals surface area contributed by atoms with Crippen LogP contribution in [0.3, 0.4) is 0 Å². The summed E-state index contributed by atoms with van der Waals surface area (Å²) >= 11 is 0. The molecule has 1 atom stereocenters. The normalized spacial score (nSPS) is 13.8. The topological polar surface area (TPSA) is 3.24 Å². The Hall–Kier alpha value is -0.0831. The molecule has 1 unspecified atom stereocenters. The lowest BCUT2D eigenvalue weighted by molar-refractivity contribution is 0.555. The highest BCUT2D eigenvalue weighted by atomic mass is 28.3. The molecular weight excluding hydrogens is 126 g/mol. The smallest absolute Gasteiger partial charge is 0.135 e. The zero-order chi connectivity index (χ0) is 7.28. The number of nitrogens with zero attached hydrogens (tertiary/aromatic N) is 1. The van der Waals surface area contributed by atoms with Crippen molar-refractivity contribution in [2.24, 2.45) is 0 Å². The SMILES string of the molecule is C=C[SiH](CC)N(C)CC. The standard InChI is InChI=1S/C7H17NSi/c1-5-8(4)9(6-2)7-3/h6,9H,2,5,7H2,1,3-4H3. The van der Waals surface area contributed by atoms with E-state index in [1.54, 1.807) is 0 Å². The lowest BCUT2D eigenvalue weighted by atomic mass is 10.8. The van der Waals surface area contributed by atoms with E-state index >= 15 is 0 Å². The van der Waals surface area contributed by atoms with Crippen LogP contribution in [0.25, 0.3) is 0 Å². The molecule has 0 bridgehead atoms. The van der Waals surface area contributed by atoms with Gasteiger partial charge in [0.15, 0.2) is 0 Å². The number of rotatable bonds is 4. The Labute approximate surface area is 60.1 Å². The van der Waals surface area contributed by atoms with Crippen LogP contribution in [-0.2, 0) is 0 Å². The molecule has 0 radical (unpaired) electrons. The second kappa shape index (κ2) is 4.76. The van der Waals surface area contributed by atoms with E-state index in [1.807, 2.05) is 0 Å². The minimum atomic E-state index is -0.689. The van der Waals surface area contributed by atoms with Gasteiger partial charge in [0.25, 0.3) is 0 Å². The molecule has 0 heterocycles. The van der Waals surface area contributed by atoms with Crippen LogP contribution in [0.5, 0.6) is 0 Å². The summed E-state index contributed by atoms with van der Waals surface area (Å²) in [4.78, 5) is 0. The molecule has 0 aromatic heterocycles. The van der Waals surface area contributed by atoms with Gasteiger partial charge in [0.2, 0.25) is 0 Å². The fraction of sp³-hybridized carbons (Fsp3) is 0.714. The van der Waals surface area contributed by atoms with Gasteiger partial charge in [-0.3, -0.25) is 0 Å². The molecule has 0 aliphatic rings. The third-order valence-corrected chi connectivity index (χ3v) is 4.63. The van der Waals surface area contributed by atoms with Crippen LogP contribution in [0.1, 0.15) is 13.8 Å². The van der Waals surface area contributed by atoms with Crippen LogP contribution in [0, 0.1) is 0 Å². The van der Waals surface area contributed by atoms with Gasteiger partial charge >= 0.3 is 0 Å². The van der Waals surface area contributed by atoms with E-state index in [4.69, 9.17) is 0 Å². The minimum absolute atomic E-state index is 0.689. The summed E-state index contributed by atoms with van der Waals surface area (Å²) in [6.45, 7) is 9.42. The van der Waals surface area contributed by atoms with Crippen LogP contribution in [-0.4, -0.2) is 27.1 Å². The molecule has 0 aromatic rings. The maximum absolute atomic E-state index is 3.82. The molecule has 0 aliphatic heterocycles. The summed E-state index contributed by atoms with van der Waals surface area (Å²) in [5.74, 6) is 0. The van der Waals surface area contributed by atoms with Gasteiger partial charge in [0, 0.05) is 0 Å². The molecule has 0 saturated heterocycles. The van der Waals surface area contributed by atoms with Gasteiger partial charge in [-0.2, -0.15) is 0 Å². The molecule has 0 amide bonds. The van der Waals surface area contributed by atoms with Gasteiger partial charge in [0.1, 0.15) is 8.96 Å². The van der Waals surface area contributed by atoms with Crippen LogP contribution in [0.2, 0.25) is 6.04 Å². The first kappa shape index (κ1) is 8.92. The van der Waals surface area contributed by atoms with Gasteiger partial charge in [-0.15, -0.1) is 6.58 Å². The minimum Gasteiger partial charge on any atom is -0.326 e. The van der Waals surface area contributed by atoms with Crippen molar-refractivity contribution in [3.05, 3.63) is 12.3 Å². The van der Waals surface area contributed by atoms with Gasteiger partial charge < -0.3 is 4.57 Å². The van der Waals surface area contributed by atoms with Gasteiger partial charge in [-0.05, 0) is 19.6 Å². The van der Waals surface area contributed by atoms with Crippen molar-refractivity contribution >= 4 is 8.96 Å². The summed E-state index contributed by atoms with van der Waals surface area (Å²) in [5.41, 5.74) is 2.14. The summed E-state index contributed by atoms with van der Waals surface area (Å²) in [5, 5.41) is 0.